The van der Waals surface area contributed by atoms with E-state index in [1.165, 1.54) is 5.56 Å². The van der Waals surface area contributed by atoms with Crippen LogP contribution in [-0.2, 0) is 12.8 Å². The van der Waals surface area contributed by atoms with Gasteiger partial charge in [-0.15, -0.1) is 0 Å². The van der Waals surface area contributed by atoms with Crippen LogP contribution in [0.4, 0.5) is 10.5 Å². The first-order valence-electron chi connectivity index (χ1n) is 8.60. The minimum absolute atomic E-state index is 0.0746. The molecule has 0 aromatic heterocycles. The first-order chi connectivity index (χ1) is 12.7. The molecule has 0 fully saturated rings. The van der Waals surface area contributed by atoms with Gasteiger partial charge in [-0.25, -0.2) is 4.79 Å². The molecule has 0 radical (unpaired) electrons. The maximum absolute atomic E-state index is 12.5. The topological polar surface area (TPSA) is 60.0 Å². The third kappa shape index (κ3) is 3.40. The molecule has 0 spiro atoms. The molecule has 0 bridgehead atoms. The van der Waals surface area contributed by atoms with Crippen molar-refractivity contribution < 1.29 is 19.0 Å². The maximum Gasteiger partial charge on any atom is 0.321 e. The van der Waals surface area contributed by atoms with Crippen molar-refractivity contribution in [2.24, 2.45) is 0 Å². The number of nitrogens with zero attached hydrogens (tertiary/aromatic N) is 1. The molecule has 6 heteroatoms. The Bertz CT molecular complexity index is 791. The van der Waals surface area contributed by atoms with E-state index in [9.17, 15) is 4.79 Å². The van der Waals surface area contributed by atoms with Gasteiger partial charge in [-0.2, -0.15) is 0 Å². The van der Waals surface area contributed by atoms with Crippen LogP contribution in [0.15, 0.2) is 36.4 Å². The minimum atomic E-state index is -0.0746. The van der Waals surface area contributed by atoms with Crippen LogP contribution in [0.3, 0.4) is 0 Å². The first-order valence-corrected chi connectivity index (χ1v) is 8.60. The molecule has 0 saturated carbocycles. The zero-order valence-electron chi connectivity index (χ0n) is 15.4. The van der Waals surface area contributed by atoms with E-state index < -0.39 is 0 Å². The number of nitrogens with one attached hydrogen (secondary N) is 1. The first kappa shape index (κ1) is 17.9. The van der Waals surface area contributed by atoms with E-state index in [2.05, 4.69) is 11.4 Å². The molecule has 0 unspecified atom stereocenters. The lowest BCUT2D eigenvalue weighted by atomic mass is 10.1. The van der Waals surface area contributed by atoms with Gasteiger partial charge in [0.2, 0.25) is 5.75 Å². The monoisotopic (exact) mass is 356 g/mol. The Hall–Kier alpha value is -2.89. The van der Waals surface area contributed by atoms with Crippen molar-refractivity contribution in [2.45, 2.75) is 12.8 Å². The summed E-state index contributed by atoms with van der Waals surface area (Å²) in [5.41, 5.74) is 3.16. The van der Waals surface area contributed by atoms with Gasteiger partial charge in [-0.3, -0.25) is 4.90 Å². The summed E-state index contributed by atoms with van der Waals surface area (Å²) in [6, 6.07) is 11.7. The zero-order valence-corrected chi connectivity index (χ0v) is 15.4. The summed E-state index contributed by atoms with van der Waals surface area (Å²) in [5.74, 6) is 1.81. The summed E-state index contributed by atoms with van der Waals surface area (Å²) in [6.07, 6.45) is 1.53. The fraction of sp³-hybridized carbons (Fsp3) is 0.350. The largest absolute Gasteiger partial charge is 0.493 e. The SMILES string of the molecule is COc1ccc(CCNC(=O)N2CCc3ccccc32)c(OC)c1OC. The molecule has 26 heavy (non-hydrogen) atoms. The van der Waals surface area contributed by atoms with E-state index >= 15 is 0 Å². The Balaban J connectivity index is 1.64. The standard InChI is InChI=1S/C20H24N2O4/c1-24-17-9-8-15(18(25-2)19(17)26-3)10-12-21-20(23)22-13-11-14-6-4-5-7-16(14)22/h4-9H,10-13H2,1-3H3,(H,21,23). The average Bonchev–Trinajstić information content (AvgIpc) is 3.11. The molecule has 0 aliphatic carbocycles. The van der Waals surface area contributed by atoms with Crippen molar-refractivity contribution in [3.8, 4) is 17.2 Å². The van der Waals surface area contributed by atoms with Crippen LogP contribution < -0.4 is 24.4 Å². The number of ether oxygens (including phenoxy) is 3. The Kier molecular flexibility index (Phi) is 5.51. The molecule has 6 nitrogen and oxygen atoms in total. The van der Waals surface area contributed by atoms with Crippen molar-refractivity contribution in [3.05, 3.63) is 47.5 Å². The van der Waals surface area contributed by atoms with Gasteiger partial charge in [0, 0.05) is 24.3 Å². The summed E-state index contributed by atoms with van der Waals surface area (Å²) >= 11 is 0. The number of carbonyl (C=O) groups is 1. The van der Waals surface area contributed by atoms with Crippen molar-refractivity contribution >= 4 is 11.7 Å². The number of carbonyl (C=O) groups excluding carboxylic acids is 1. The molecule has 1 heterocycles. The second-order valence-corrected chi connectivity index (χ2v) is 6.01. The molecule has 2 aromatic carbocycles. The Labute approximate surface area is 153 Å². The van der Waals surface area contributed by atoms with Gasteiger partial charge in [0.1, 0.15) is 0 Å². The molecule has 2 aromatic rings. The Morgan fingerprint density at radius 2 is 1.81 bits per heavy atom. The normalized spacial score (nSPS) is 12.5. The number of hydrogen-bond donors (Lipinski definition) is 1. The molecular weight excluding hydrogens is 332 g/mol. The number of urea groups is 1. The molecule has 1 N–H and O–H groups in total. The van der Waals surface area contributed by atoms with Gasteiger partial charge in [0.15, 0.2) is 11.5 Å². The van der Waals surface area contributed by atoms with Crippen molar-refractivity contribution in [2.75, 3.05) is 39.3 Å². The van der Waals surface area contributed by atoms with E-state index in [-0.39, 0.29) is 6.03 Å². The van der Waals surface area contributed by atoms with E-state index in [1.54, 1.807) is 26.2 Å². The molecule has 0 saturated heterocycles. The molecule has 3 rings (SSSR count). The smallest absolute Gasteiger partial charge is 0.321 e. The van der Waals surface area contributed by atoms with Gasteiger partial charge < -0.3 is 19.5 Å². The maximum atomic E-state index is 12.5. The van der Waals surface area contributed by atoms with Crippen LogP contribution in [0.5, 0.6) is 17.2 Å². The lowest BCUT2D eigenvalue weighted by Crippen LogP contribution is -2.39. The lowest BCUT2D eigenvalue weighted by Gasteiger charge is -2.19. The second kappa shape index (κ2) is 7.99. The predicted octanol–water partition coefficient (Wildman–Crippen LogP) is 3.03. The number of benzene rings is 2. The fourth-order valence-corrected chi connectivity index (χ4v) is 3.31. The van der Waals surface area contributed by atoms with Crippen LogP contribution in [0.1, 0.15) is 11.1 Å². The van der Waals surface area contributed by atoms with Gasteiger partial charge >= 0.3 is 6.03 Å². The highest BCUT2D eigenvalue weighted by Crippen LogP contribution is 2.39. The summed E-state index contributed by atoms with van der Waals surface area (Å²) in [5, 5.41) is 2.99. The van der Waals surface area contributed by atoms with Crippen LogP contribution in [0.2, 0.25) is 0 Å². The summed E-state index contributed by atoms with van der Waals surface area (Å²) in [4.78, 5) is 14.3. The number of amides is 2. The molecular formula is C20H24N2O4. The van der Waals surface area contributed by atoms with E-state index in [0.717, 1.165) is 17.7 Å². The van der Waals surface area contributed by atoms with Crippen molar-refractivity contribution in [1.82, 2.24) is 5.32 Å². The quantitative estimate of drug-likeness (QED) is 0.864. The van der Waals surface area contributed by atoms with Crippen LogP contribution in [-0.4, -0.2) is 40.5 Å². The number of anilines is 1. The van der Waals surface area contributed by atoms with E-state index in [4.69, 9.17) is 14.2 Å². The third-order valence-electron chi connectivity index (χ3n) is 4.59. The molecule has 1 aliphatic rings. The average molecular weight is 356 g/mol. The number of para-hydroxylation sites is 1. The highest BCUT2D eigenvalue weighted by molar-refractivity contribution is 5.94. The summed E-state index contributed by atoms with van der Waals surface area (Å²) in [6.45, 7) is 1.22. The highest BCUT2D eigenvalue weighted by Gasteiger charge is 2.24. The molecule has 2 amide bonds. The minimum Gasteiger partial charge on any atom is -0.493 e. The summed E-state index contributed by atoms with van der Waals surface area (Å²) < 4.78 is 16.2. The highest BCUT2D eigenvalue weighted by atomic mass is 16.5. The van der Waals surface area contributed by atoms with Gasteiger partial charge in [-0.1, -0.05) is 24.3 Å². The Morgan fingerprint density at radius 3 is 2.54 bits per heavy atom. The Morgan fingerprint density at radius 1 is 1.04 bits per heavy atom. The van der Waals surface area contributed by atoms with Gasteiger partial charge in [0.25, 0.3) is 0 Å². The second-order valence-electron chi connectivity index (χ2n) is 6.01. The van der Waals surface area contributed by atoms with Crippen molar-refractivity contribution in [1.29, 1.82) is 0 Å². The lowest BCUT2D eigenvalue weighted by molar-refractivity contribution is 0.247. The van der Waals surface area contributed by atoms with Gasteiger partial charge in [-0.05, 0) is 30.5 Å². The van der Waals surface area contributed by atoms with Crippen LogP contribution in [0.25, 0.3) is 0 Å². The molecule has 0 atom stereocenters. The predicted molar refractivity (Wildman–Crippen MR) is 101 cm³/mol. The van der Waals surface area contributed by atoms with Gasteiger partial charge in [0.05, 0.1) is 21.3 Å². The number of methoxy groups -OCH3 is 3. The fourth-order valence-electron chi connectivity index (χ4n) is 3.31. The van der Waals surface area contributed by atoms with Crippen LogP contribution in [0, 0.1) is 0 Å². The van der Waals surface area contributed by atoms with E-state index in [1.807, 2.05) is 30.3 Å². The molecule has 138 valence electrons. The zero-order chi connectivity index (χ0) is 18.5. The van der Waals surface area contributed by atoms with E-state index in [0.29, 0.717) is 36.8 Å². The number of fused-ring (bicyclic) bond motifs is 1. The number of hydrogen-bond acceptors (Lipinski definition) is 4. The number of rotatable bonds is 6. The van der Waals surface area contributed by atoms with Crippen LogP contribution >= 0.6 is 0 Å². The van der Waals surface area contributed by atoms with Crippen molar-refractivity contribution in [3.63, 3.8) is 0 Å². The third-order valence-corrected chi connectivity index (χ3v) is 4.59. The molecule has 1 aliphatic heterocycles. The summed E-state index contributed by atoms with van der Waals surface area (Å²) in [7, 11) is 4.77.